The molecule has 0 amide bonds. The Kier molecular flexibility index (Phi) is 5.16. The van der Waals surface area contributed by atoms with Gasteiger partial charge in [-0.2, -0.15) is 0 Å². The number of benzene rings is 1. The van der Waals surface area contributed by atoms with Gasteiger partial charge in [-0.25, -0.2) is 0 Å². The van der Waals surface area contributed by atoms with Crippen LogP contribution < -0.4 is 16.4 Å². The van der Waals surface area contributed by atoms with Crippen molar-refractivity contribution < 1.29 is 4.42 Å². The highest BCUT2D eigenvalue weighted by atomic mass is 35.5. The average molecular weight is 344 g/mol. The second-order valence-corrected chi connectivity index (χ2v) is 6.48. The van der Waals surface area contributed by atoms with Gasteiger partial charge in [-0.1, -0.05) is 23.7 Å². The summed E-state index contributed by atoms with van der Waals surface area (Å²) in [7, 11) is 0. The van der Waals surface area contributed by atoms with E-state index in [0.29, 0.717) is 18.3 Å². The maximum Gasteiger partial charge on any atom is 0.131 e. The number of allylic oxidation sites excluding steroid dienone is 1. The quantitative estimate of drug-likeness (QED) is 0.749. The number of dihydropyridines is 1. The summed E-state index contributed by atoms with van der Waals surface area (Å²) in [6.07, 6.45) is 5.63. The molecule has 0 fully saturated rings. The van der Waals surface area contributed by atoms with Gasteiger partial charge in [0.05, 0.1) is 12.0 Å². The number of nitrogens with one attached hydrogen (secondary N) is 2. The maximum atomic E-state index is 6.17. The molecule has 5 heteroatoms. The summed E-state index contributed by atoms with van der Waals surface area (Å²) in [5.74, 6) is 1.73. The minimum atomic E-state index is 0.306. The highest BCUT2D eigenvalue weighted by molar-refractivity contribution is 6.30. The van der Waals surface area contributed by atoms with Crippen molar-refractivity contribution in [1.82, 2.24) is 10.6 Å². The molecule has 4 nitrogen and oxygen atoms in total. The van der Waals surface area contributed by atoms with Gasteiger partial charge in [-0.05, 0) is 55.7 Å². The lowest BCUT2D eigenvalue weighted by atomic mass is 10.1. The molecule has 1 aliphatic rings. The molecule has 0 bridgehead atoms. The largest absolute Gasteiger partial charge is 0.465 e. The van der Waals surface area contributed by atoms with Crippen molar-refractivity contribution in [3.63, 3.8) is 0 Å². The van der Waals surface area contributed by atoms with Crippen molar-refractivity contribution in [2.24, 2.45) is 5.73 Å². The Balaban J connectivity index is 1.57. The number of hydrogen-bond acceptors (Lipinski definition) is 4. The van der Waals surface area contributed by atoms with E-state index in [-0.39, 0.29) is 0 Å². The molecule has 3 rings (SSSR count). The number of hydrogen-bond donors (Lipinski definition) is 3. The Hall–Kier alpha value is -2.33. The van der Waals surface area contributed by atoms with Gasteiger partial charge >= 0.3 is 0 Å². The van der Waals surface area contributed by atoms with Crippen LogP contribution in [0.5, 0.6) is 0 Å². The lowest BCUT2D eigenvalue weighted by Crippen LogP contribution is -2.38. The first-order valence-corrected chi connectivity index (χ1v) is 8.48. The molecule has 1 aromatic heterocycles. The van der Waals surface area contributed by atoms with Gasteiger partial charge in [0.25, 0.3) is 0 Å². The third kappa shape index (κ3) is 4.15. The molecule has 0 saturated heterocycles. The summed E-state index contributed by atoms with van der Waals surface area (Å²) in [6.45, 7) is 2.85. The molecule has 2 heterocycles. The summed E-state index contributed by atoms with van der Waals surface area (Å²) in [6, 6.07) is 12.1. The van der Waals surface area contributed by atoms with Crippen LogP contribution in [0.4, 0.5) is 0 Å². The van der Waals surface area contributed by atoms with Crippen molar-refractivity contribution in [3.05, 3.63) is 76.6 Å². The predicted molar refractivity (Wildman–Crippen MR) is 98.3 cm³/mol. The average Bonchev–Trinajstić information content (AvgIpc) is 3.11. The molecule has 1 aromatic carbocycles. The van der Waals surface area contributed by atoms with Gasteiger partial charge in [0, 0.05) is 23.2 Å². The Bertz CT molecular complexity index is 732. The molecule has 4 N–H and O–H groups in total. The van der Waals surface area contributed by atoms with E-state index < -0.39 is 0 Å². The van der Waals surface area contributed by atoms with Crippen LogP contribution in [0.1, 0.15) is 24.7 Å². The predicted octanol–water partition coefficient (Wildman–Crippen LogP) is 3.66. The second kappa shape index (κ2) is 7.49. The van der Waals surface area contributed by atoms with Gasteiger partial charge in [0.1, 0.15) is 11.6 Å². The number of rotatable bonds is 6. The molecular formula is C19H22ClN3O. The van der Waals surface area contributed by atoms with Crippen molar-refractivity contribution in [2.75, 3.05) is 6.54 Å². The molecule has 0 spiro atoms. The minimum absolute atomic E-state index is 0.306. The molecule has 1 aliphatic heterocycles. The van der Waals surface area contributed by atoms with Crippen LogP contribution in [0.2, 0.25) is 5.02 Å². The zero-order valence-electron chi connectivity index (χ0n) is 13.7. The Morgan fingerprint density at radius 2 is 2.08 bits per heavy atom. The lowest BCUT2D eigenvalue weighted by Gasteiger charge is -2.24. The maximum absolute atomic E-state index is 6.17. The number of aryl methyl sites for hydroxylation is 1. The zero-order valence-corrected chi connectivity index (χ0v) is 14.4. The Morgan fingerprint density at radius 1 is 1.29 bits per heavy atom. The molecule has 1 atom stereocenters. The van der Waals surface area contributed by atoms with Gasteiger partial charge in [-0.15, -0.1) is 0 Å². The lowest BCUT2D eigenvalue weighted by molar-refractivity contribution is 0.531. The molecule has 0 saturated carbocycles. The van der Waals surface area contributed by atoms with Crippen LogP contribution in [0.3, 0.4) is 0 Å². The van der Waals surface area contributed by atoms with E-state index in [9.17, 15) is 0 Å². The Morgan fingerprint density at radius 3 is 2.75 bits per heavy atom. The molecule has 0 radical (unpaired) electrons. The van der Waals surface area contributed by atoms with Crippen molar-refractivity contribution in [2.45, 2.75) is 25.8 Å². The van der Waals surface area contributed by atoms with Crippen LogP contribution in [0.25, 0.3) is 5.57 Å². The SMILES string of the molecule is CC(CCc1ccc(Cl)cc1)NC1=C(N)C=C(c2ccco2)CN1. The van der Waals surface area contributed by atoms with E-state index in [0.717, 1.165) is 35.0 Å². The number of halogens is 1. The highest BCUT2D eigenvalue weighted by Gasteiger charge is 2.15. The highest BCUT2D eigenvalue weighted by Crippen LogP contribution is 2.19. The van der Waals surface area contributed by atoms with Gasteiger partial charge in [0.2, 0.25) is 0 Å². The molecule has 24 heavy (non-hydrogen) atoms. The van der Waals surface area contributed by atoms with E-state index in [1.165, 1.54) is 5.56 Å². The first kappa shape index (κ1) is 16.5. The van der Waals surface area contributed by atoms with E-state index in [1.807, 2.05) is 30.3 Å². The molecule has 126 valence electrons. The normalized spacial score (nSPS) is 15.7. The molecule has 2 aromatic rings. The number of nitrogens with two attached hydrogens (primary N) is 1. The van der Waals surface area contributed by atoms with Crippen LogP contribution in [-0.2, 0) is 6.42 Å². The van der Waals surface area contributed by atoms with E-state index in [2.05, 4.69) is 29.7 Å². The zero-order chi connectivity index (χ0) is 16.9. The molecule has 1 unspecified atom stereocenters. The van der Waals surface area contributed by atoms with E-state index >= 15 is 0 Å². The van der Waals surface area contributed by atoms with Crippen LogP contribution >= 0.6 is 11.6 Å². The van der Waals surface area contributed by atoms with Crippen molar-refractivity contribution in [1.29, 1.82) is 0 Å². The van der Waals surface area contributed by atoms with Crippen LogP contribution in [0, 0.1) is 0 Å². The first-order valence-electron chi connectivity index (χ1n) is 8.11. The van der Waals surface area contributed by atoms with E-state index in [1.54, 1.807) is 6.26 Å². The fourth-order valence-electron chi connectivity index (χ4n) is 2.70. The third-order valence-corrected chi connectivity index (χ3v) is 4.33. The molecule has 0 aliphatic carbocycles. The summed E-state index contributed by atoms with van der Waals surface area (Å²) in [5.41, 5.74) is 9.21. The summed E-state index contributed by atoms with van der Waals surface area (Å²) >= 11 is 5.92. The fourth-order valence-corrected chi connectivity index (χ4v) is 2.83. The Labute approximate surface area is 147 Å². The number of furan rings is 1. The second-order valence-electron chi connectivity index (χ2n) is 6.04. The van der Waals surface area contributed by atoms with Gasteiger partial charge < -0.3 is 20.8 Å². The van der Waals surface area contributed by atoms with Crippen LogP contribution in [0.15, 0.2) is 64.7 Å². The van der Waals surface area contributed by atoms with Gasteiger partial charge in [-0.3, -0.25) is 0 Å². The molecular weight excluding hydrogens is 322 g/mol. The van der Waals surface area contributed by atoms with Crippen LogP contribution in [-0.4, -0.2) is 12.6 Å². The van der Waals surface area contributed by atoms with Crippen molar-refractivity contribution >= 4 is 17.2 Å². The standard InChI is InChI=1S/C19H22ClN3O/c1-13(4-5-14-6-8-16(20)9-7-14)23-19-17(21)11-15(12-22-19)18-3-2-10-24-18/h2-3,6-11,13,22-23H,4-5,12,21H2,1H3. The summed E-state index contributed by atoms with van der Waals surface area (Å²) < 4.78 is 5.42. The minimum Gasteiger partial charge on any atom is -0.465 e. The monoisotopic (exact) mass is 343 g/mol. The smallest absolute Gasteiger partial charge is 0.131 e. The van der Waals surface area contributed by atoms with Gasteiger partial charge in [0.15, 0.2) is 0 Å². The topological polar surface area (TPSA) is 63.2 Å². The first-order chi connectivity index (χ1) is 11.6. The summed E-state index contributed by atoms with van der Waals surface area (Å²) in [5, 5.41) is 7.57. The summed E-state index contributed by atoms with van der Waals surface area (Å²) in [4.78, 5) is 0. The third-order valence-electron chi connectivity index (χ3n) is 4.08. The van der Waals surface area contributed by atoms with Crippen molar-refractivity contribution in [3.8, 4) is 0 Å². The fraction of sp³-hybridized carbons (Fsp3) is 0.263. The van der Waals surface area contributed by atoms with E-state index in [4.69, 9.17) is 21.8 Å².